The molecule has 3 aromatic rings. The van der Waals surface area contributed by atoms with Crippen LogP contribution in [0.25, 0.3) is 11.3 Å². The number of hydrogen-bond acceptors (Lipinski definition) is 4. The minimum atomic E-state index is -0.288. The van der Waals surface area contributed by atoms with Crippen LogP contribution < -0.4 is 10.2 Å². The van der Waals surface area contributed by atoms with Gasteiger partial charge < -0.3 is 10.2 Å². The van der Waals surface area contributed by atoms with Crippen molar-refractivity contribution >= 4 is 17.5 Å². The summed E-state index contributed by atoms with van der Waals surface area (Å²) in [5.41, 5.74) is 2.53. The third-order valence-electron chi connectivity index (χ3n) is 4.29. The minimum absolute atomic E-state index is 0.288. The molecule has 4 rings (SSSR count). The quantitative estimate of drug-likeness (QED) is 0.755. The zero-order valence-electron chi connectivity index (χ0n) is 13.8. The first-order valence-corrected chi connectivity index (χ1v) is 8.50. The van der Waals surface area contributed by atoms with Crippen molar-refractivity contribution in [3.8, 4) is 11.3 Å². The van der Waals surface area contributed by atoms with Crippen molar-refractivity contribution in [1.29, 1.82) is 0 Å². The third-order valence-corrected chi connectivity index (χ3v) is 4.29. The largest absolute Gasteiger partial charge is 0.356 e. The summed E-state index contributed by atoms with van der Waals surface area (Å²) >= 11 is 0. The number of benzene rings is 2. The highest BCUT2D eigenvalue weighted by molar-refractivity contribution is 5.66. The Morgan fingerprint density at radius 3 is 2.44 bits per heavy atom. The van der Waals surface area contributed by atoms with Crippen molar-refractivity contribution in [1.82, 2.24) is 9.97 Å². The van der Waals surface area contributed by atoms with Crippen LogP contribution in [0.5, 0.6) is 0 Å². The molecule has 1 aliphatic rings. The van der Waals surface area contributed by atoms with Gasteiger partial charge in [0.2, 0.25) is 5.95 Å². The maximum Gasteiger partial charge on any atom is 0.229 e. The van der Waals surface area contributed by atoms with Crippen LogP contribution in [0.2, 0.25) is 0 Å². The van der Waals surface area contributed by atoms with E-state index in [1.54, 1.807) is 12.1 Å². The van der Waals surface area contributed by atoms with E-state index in [9.17, 15) is 4.39 Å². The zero-order chi connectivity index (χ0) is 17.1. The Morgan fingerprint density at radius 1 is 0.880 bits per heavy atom. The molecule has 2 aromatic carbocycles. The number of aromatic nitrogens is 2. The van der Waals surface area contributed by atoms with Crippen molar-refractivity contribution in [2.24, 2.45) is 0 Å². The summed E-state index contributed by atoms with van der Waals surface area (Å²) in [5.74, 6) is 1.10. The molecule has 126 valence electrons. The van der Waals surface area contributed by atoms with E-state index in [0.29, 0.717) is 11.6 Å². The van der Waals surface area contributed by atoms with Crippen LogP contribution in [-0.2, 0) is 0 Å². The van der Waals surface area contributed by atoms with Gasteiger partial charge in [-0.15, -0.1) is 0 Å². The topological polar surface area (TPSA) is 41.1 Å². The zero-order valence-corrected chi connectivity index (χ0v) is 13.8. The molecule has 25 heavy (non-hydrogen) atoms. The van der Waals surface area contributed by atoms with E-state index in [4.69, 9.17) is 0 Å². The SMILES string of the molecule is Fc1cccc(Nc2nc(-c3ccccc3)cc(N3CCCC3)n2)c1. The normalized spacial score (nSPS) is 13.9. The molecule has 0 radical (unpaired) electrons. The van der Waals surface area contributed by atoms with Crippen molar-refractivity contribution in [3.05, 3.63) is 66.5 Å². The summed E-state index contributed by atoms with van der Waals surface area (Å²) in [4.78, 5) is 11.5. The smallest absolute Gasteiger partial charge is 0.229 e. The van der Waals surface area contributed by atoms with E-state index >= 15 is 0 Å². The number of hydrogen-bond donors (Lipinski definition) is 1. The number of anilines is 3. The van der Waals surface area contributed by atoms with E-state index in [0.717, 1.165) is 30.2 Å². The first-order valence-electron chi connectivity index (χ1n) is 8.50. The maximum absolute atomic E-state index is 13.5. The number of nitrogens with one attached hydrogen (secondary N) is 1. The molecule has 5 heteroatoms. The van der Waals surface area contributed by atoms with Crippen LogP contribution in [0.4, 0.5) is 21.8 Å². The summed E-state index contributed by atoms with van der Waals surface area (Å²) in [6, 6.07) is 18.4. The Labute approximate surface area is 146 Å². The van der Waals surface area contributed by atoms with Crippen LogP contribution >= 0.6 is 0 Å². The van der Waals surface area contributed by atoms with Crippen LogP contribution in [0.3, 0.4) is 0 Å². The van der Waals surface area contributed by atoms with E-state index in [1.807, 2.05) is 36.4 Å². The molecule has 0 saturated carbocycles. The Kier molecular flexibility index (Phi) is 4.29. The van der Waals surface area contributed by atoms with E-state index in [1.165, 1.54) is 25.0 Å². The molecule has 0 spiro atoms. The van der Waals surface area contributed by atoms with Gasteiger partial charge in [0.1, 0.15) is 11.6 Å². The summed E-state index contributed by atoms with van der Waals surface area (Å²) in [5, 5.41) is 3.13. The fraction of sp³-hybridized carbons (Fsp3) is 0.200. The molecule has 1 aliphatic heterocycles. The standard InChI is InChI=1S/C20H19FN4/c21-16-9-6-10-17(13-16)22-20-23-18(15-7-2-1-3-8-15)14-19(24-20)25-11-4-5-12-25/h1-3,6-10,13-14H,4-5,11-12H2,(H,22,23,24). The molecule has 0 atom stereocenters. The molecule has 0 aliphatic carbocycles. The molecule has 1 aromatic heterocycles. The molecule has 1 N–H and O–H groups in total. The van der Waals surface area contributed by atoms with Crippen molar-refractivity contribution in [3.63, 3.8) is 0 Å². The number of rotatable bonds is 4. The van der Waals surface area contributed by atoms with Crippen molar-refractivity contribution < 1.29 is 4.39 Å². The summed E-state index contributed by atoms with van der Waals surface area (Å²) in [6.45, 7) is 2.01. The number of halogens is 1. The Hall–Kier alpha value is -2.95. The maximum atomic E-state index is 13.5. The molecule has 0 unspecified atom stereocenters. The molecule has 0 amide bonds. The van der Waals surface area contributed by atoms with Gasteiger partial charge >= 0.3 is 0 Å². The van der Waals surface area contributed by atoms with Gasteiger partial charge in [-0.2, -0.15) is 4.98 Å². The predicted molar refractivity (Wildman–Crippen MR) is 98.6 cm³/mol. The first kappa shape index (κ1) is 15.6. The number of nitrogens with zero attached hydrogens (tertiary/aromatic N) is 3. The van der Waals surface area contributed by atoms with E-state index in [-0.39, 0.29) is 5.82 Å². The lowest BCUT2D eigenvalue weighted by Gasteiger charge is -2.18. The predicted octanol–water partition coefficient (Wildman–Crippen LogP) is 4.63. The lowest BCUT2D eigenvalue weighted by Crippen LogP contribution is -2.19. The molecular formula is C20H19FN4. The van der Waals surface area contributed by atoms with Gasteiger partial charge in [-0.25, -0.2) is 9.37 Å². The highest BCUT2D eigenvalue weighted by Crippen LogP contribution is 2.27. The second-order valence-electron chi connectivity index (χ2n) is 6.13. The first-order chi connectivity index (χ1) is 12.3. The summed E-state index contributed by atoms with van der Waals surface area (Å²) in [6.07, 6.45) is 2.36. The third kappa shape index (κ3) is 3.60. The molecule has 0 bridgehead atoms. The summed E-state index contributed by atoms with van der Waals surface area (Å²) < 4.78 is 13.5. The van der Waals surface area contributed by atoms with Crippen LogP contribution in [0.15, 0.2) is 60.7 Å². The Morgan fingerprint density at radius 2 is 1.68 bits per heavy atom. The van der Waals surface area contributed by atoms with E-state index < -0.39 is 0 Å². The summed E-state index contributed by atoms with van der Waals surface area (Å²) in [7, 11) is 0. The van der Waals surface area contributed by atoms with E-state index in [2.05, 4.69) is 20.2 Å². The van der Waals surface area contributed by atoms with Crippen LogP contribution in [-0.4, -0.2) is 23.1 Å². The van der Waals surface area contributed by atoms with Gasteiger partial charge in [-0.05, 0) is 31.0 Å². The second kappa shape index (κ2) is 6.89. The minimum Gasteiger partial charge on any atom is -0.356 e. The van der Waals surface area contributed by atoms with Crippen LogP contribution in [0.1, 0.15) is 12.8 Å². The molecule has 2 heterocycles. The lowest BCUT2D eigenvalue weighted by atomic mass is 10.1. The Bertz CT molecular complexity index is 861. The van der Waals surface area contributed by atoms with Crippen LogP contribution in [0, 0.1) is 5.82 Å². The molecular weight excluding hydrogens is 315 g/mol. The average molecular weight is 334 g/mol. The highest BCUT2D eigenvalue weighted by Gasteiger charge is 2.16. The van der Waals surface area contributed by atoms with Gasteiger partial charge in [-0.3, -0.25) is 0 Å². The fourth-order valence-corrected chi connectivity index (χ4v) is 3.05. The Balaban J connectivity index is 1.73. The van der Waals surface area contributed by atoms with Gasteiger partial charge in [0.05, 0.1) is 5.69 Å². The molecule has 1 saturated heterocycles. The molecule has 1 fully saturated rings. The van der Waals surface area contributed by atoms with Gasteiger partial charge in [-0.1, -0.05) is 36.4 Å². The molecule has 4 nitrogen and oxygen atoms in total. The average Bonchev–Trinajstić information content (AvgIpc) is 3.17. The highest BCUT2D eigenvalue weighted by atomic mass is 19.1. The van der Waals surface area contributed by atoms with Crippen molar-refractivity contribution in [2.45, 2.75) is 12.8 Å². The second-order valence-corrected chi connectivity index (χ2v) is 6.13. The van der Waals surface area contributed by atoms with Gasteiger partial charge in [0, 0.05) is 30.4 Å². The van der Waals surface area contributed by atoms with Gasteiger partial charge in [0.25, 0.3) is 0 Å². The monoisotopic (exact) mass is 334 g/mol. The van der Waals surface area contributed by atoms with Crippen molar-refractivity contribution in [2.75, 3.05) is 23.3 Å². The fourth-order valence-electron chi connectivity index (χ4n) is 3.05. The van der Waals surface area contributed by atoms with Gasteiger partial charge in [0.15, 0.2) is 0 Å². The lowest BCUT2D eigenvalue weighted by molar-refractivity contribution is 0.628.